The quantitative estimate of drug-likeness (QED) is 0.541. The summed E-state index contributed by atoms with van der Waals surface area (Å²) in [6.07, 6.45) is 2.91. The number of amides is 1. The number of fused-ring (bicyclic) bond motifs is 2. The normalized spacial score (nSPS) is 16.6. The number of carbonyl (C=O) groups is 1. The van der Waals surface area contributed by atoms with Gasteiger partial charge in [-0.2, -0.15) is 9.78 Å². The van der Waals surface area contributed by atoms with Crippen molar-refractivity contribution in [3.63, 3.8) is 0 Å². The Bertz CT molecular complexity index is 1220. The number of benzene rings is 1. The van der Waals surface area contributed by atoms with Crippen molar-refractivity contribution >= 4 is 34.7 Å². The summed E-state index contributed by atoms with van der Waals surface area (Å²) >= 11 is 1.37. The smallest absolute Gasteiger partial charge is 0.235 e. The fourth-order valence-electron chi connectivity index (χ4n) is 3.38. The van der Waals surface area contributed by atoms with Crippen LogP contribution in [0.5, 0.6) is 0 Å². The van der Waals surface area contributed by atoms with Crippen LogP contribution in [0.25, 0.3) is 17.0 Å². The molecule has 4 heterocycles. The molecule has 0 fully saturated rings. The van der Waals surface area contributed by atoms with Gasteiger partial charge < -0.3 is 10.3 Å². The molecule has 0 radical (unpaired) electrons. The molecule has 4 aromatic rings. The molecule has 140 valence electrons. The number of aromatic amines is 1. The van der Waals surface area contributed by atoms with Crippen LogP contribution in [0.1, 0.15) is 22.1 Å². The molecular weight excluding hydrogens is 381 g/mol. The zero-order chi connectivity index (χ0) is 19.3. The van der Waals surface area contributed by atoms with Crippen molar-refractivity contribution in [3.8, 4) is 5.82 Å². The van der Waals surface area contributed by atoms with Crippen LogP contribution in [0, 0.1) is 12.7 Å². The van der Waals surface area contributed by atoms with Gasteiger partial charge in [0.15, 0.2) is 11.5 Å². The van der Waals surface area contributed by atoms with Gasteiger partial charge in [-0.15, -0.1) is 11.8 Å². The average molecular weight is 395 g/mol. The molecule has 0 aliphatic carbocycles. The molecule has 1 aliphatic heterocycles. The molecule has 1 atom stereocenters. The van der Waals surface area contributed by atoms with Gasteiger partial charge in [0.1, 0.15) is 23.5 Å². The third-order valence-electron chi connectivity index (χ3n) is 4.60. The van der Waals surface area contributed by atoms with Crippen LogP contribution in [0.4, 0.5) is 10.2 Å². The molecule has 0 saturated heterocycles. The largest absolute Gasteiger partial charge is 0.340 e. The van der Waals surface area contributed by atoms with Crippen molar-refractivity contribution in [2.24, 2.45) is 0 Å². The third kappa shape index (κ3) is 2.56. The lowest BCUT2D eigenvalue weighted by atomic mass is 10.0. The minimum atomic E-state index is -0.372. The van der Waals surface area contributed by atoms with Gasteiger partial charge in [0.05, 0.1) is 23.0 Å². The Balaban J connectivity index is 1.76. The summed E-state index contributed by atoms with van der Waals surface area (Å²) in [6, 6.07) is 6.60. The average Bonchev–Trinajstić information content (AvgIpc) is 3.24. The van der Waals surface area contributed by atoms with Crippen LogP contribution in [-0.4, -0.2) is 41.4 Å². The van der Waals surface area contributed by atoms with E-state index in [0.717, 1.165) is 5.56 Å². The highest BCUT2D eigenvalue weighted by atomic mass is 32.2. The predicted octanol–water partition coefficient (Wildman–Crippen LogP) is 2.76. The van der Waals surface area contributed by atoms with Gasteiger partial charge in [0.25, 0.3) is 0 Å². The Morgan fingerprint density at radius 3 is 2.96 bits per heavy atom. The number of H-pyrrole nitrogens is 1. The molecule has 3 aromatic heterocycles. The van der Waals surface area contributed by atoms with E-state index in [1.54, 1.807) is 22.9 Å². The molecule has 0 spiro atoms. The summed E-state index contributed by atoms with van der Waals surface area (Å²) in [5, 5.41) is 7.14. The van der Waals surface area contributed by atoms with Crippen molar-refractivity contribution < 1.29 is 9.18 Å². The van der Waals surface area contributed by atoms with Crippen LogP contribution >= 0.6 is 11.8 Å². The standard InChI is InChI=1S/C18H14FN7OS/c1-9-13-15(10-4-2-3-5-11(10)19)28-6-12(27)24-17(13)26(25-9)18-14-16(21-7-20-14)22-8-23-18/h2-5,7-8,15H,6H2,1H3,(H,24,27)(H,20,21,22,23). The highest BCUT2D eigenvalue weighted by Crippen LogP contribution is 2.44. The van der Waals surface area contributed by atoms with Gasteiger partial charge in [-0.3, -0.25) is 4.79 Å². The summed E-state index contributed by atoms with van der Waals surface area (Å²) in [5.74, 6) is 0.657. The lowest BCUT2D eigenvalue weighted by Crippen LogP contribution is -2.16. The van der Waals surface area contributed by atoms with E-state index in [1.807, 2.05) is 6.92 Å². The number of halogens is 1. The predicted molar refractivity (Wildman–Crippen MR) is 103 cm³/mol. The number of hydrogen-bond donors (Lipinski definition) is 2. The van der Waals surface area contributed by atoms with E-state index in [2.05, 4.69) is 30.4 Å². The summed E-state index contributed by atoms with van der Waals surface area (Å²) in [5.41, 5.74) is 3.05. The van der Waals surface area contributed by atoms with Gasteiger partial charge in [0.2, 0.25) is 5.91 Å². The fraction of sp³-hybridized carbons (Fsp3) is 0.167. The second-order valence-electron chi connectivity index (χ2n) is 6.32. The van der Waals surface area contributed by atoms with Crippen molar-refractivity contribution in [2.75, 3.05) is 11.1 Å². The second kappa shape index (κ2) is 6.41. The van der Waals surface area contributed by atoms with Gasteiger partial charge >= 0.3 is 0 Å². The van der Waals surface area contributed by atoms with Crippen LogP contribution in [0.15, 0.2) is 36.9 Å². The minimum Gasteiger partial charge on any atom is -0.340 e. The SMILES string of the molecule is Cc1nn(-c2ncnc3nc[nH]c23)c2c1C(c1ccccc1F)SCC(=O)N2. The van der Waals surface area contributed by atoms with Crippen LogP contribution in [-0.2, 0) is 4.79 Å². The Morgan fingerprint density at radius 1 is 1.25 bits per heavy atom. The molecule has 28 heavy (non-hydrogen) atoms. The first-order valence-corrected chi connectivity index (χ1v) is 9.58. The molecule has 0 bridgehead atoms. The number of imidazole rings is 1. The maximum Gasteiger partial charge on any atom is 0.235 e. The molecular formula is C18H14FN7OS. The molecule has 0 saturated carbocycles. The van der Waals surface area contributed by atoms with Crippen molar-refractivity contribution in [3.05, 3.63) is 59.6 Å². The number of aryl methyl sites for hydroxylation is 1. The van der Waals surface area contributed by atoms with Crippen molar-refractivity contribution in [1.29, 1.82) is 0 Å². The molecule has 8 nitrogen and oxygen atoms in total. The zero-order valence-corrected chi connectivity index (χ0v) is 15.5. The minimum absolute atomic E-state index is 0.179. The Morgan fingerprint density at radius 2 is 2.11 bits per heavy atom. The molecule has 10 heteroatoms. The van der Waals surface area contributed by atoms with E-state index >= 15 is 0 Å². The van der Waals surface area contributed by atoms with Gasteiger partial charge in [0, 0.05) is 11.1 Å². The fourth-order valence-corrected chi connectivity index (χ4v) is 4.59. The highest BCUT2D eigenvalue weighted by molar-refractivity contribution is 8.00. The van der Waals surface area contributed by atoms with Gasteiger partial charge in [-0.05, 0) is 13.0 Å². The Kier molecular flexibility index (Phi) is 3.86. The van der Waals surface area contributed by atoms with E-state index in [-0.39, 0.29) is 22.7 Å². The molecule has 1 aliphatic rings. The second-order valence-corrected chi connectivity index (χ2v) is 7.41. The number of aromatic nitrogens is 6. The number of thioether (sulfide) groups is 1. The number of nitrogens with zero attached hydrogens (tertiary/aromatic N) is 5. The zero-order valence-electron chi connectivity index (χ0n) is 14.7. The number of anilines is 1. The van der Waals surface area contributed by atoms with Crippen molar-refractivity contribution in [1.82, 2.24) is 29.7 Å². The molecule has 5 rings (SSSR count). The van der Waals surface area contributed by atoms with Crippen molar-refractivity contribution in [2.45, 2.75) is 12.2 Å². The topological polar surface area (TPSA) is 101 Å². The maximum atomic E-state index is 14.5. The Labute approximate surface area is 162 Å². The third-order valence-corrected chi connectivity index (χ3v) is 5.85. The van der Waals surface area contributed by atoms with Gasteiger partial charge in [-0.25, -0.2) is 19.3 Å². The van der Waals surface area contributed by atoms with Gasteiger partial charge in [-0.1, -0.05) is 18.2 Å². The number of carbonyl (C=O) groups excluding carboxylic acids is 1. The first-order valence-electron chi connectivity index (χ1n) is 8.53. The van der Waals surface area contributed by atoms with E-state index in [9.17, 15) is 9.18 Å². The number of nitrogens with one attached hydrogen (secondary N) is 2. The summed E-state index contributed by atoms with van der Waals surface area (Å²) in [6.45, 7) is 1.84. The highest BCUT2D eigenvalue weighted by Gasteiger charge is 2.32. The molecule has 2 N–H and O–H groups in total. The number of rotatable bonds is 2. The summed E-state index contributed by atoms with van der Waals surface area (Å²) in [4.78, 5) is 28.0. The van der Waals surface area contributed by atoms with E-state index in [0.29, 0.717) is 34.1 Å². The monoisotopic (exact) mass is 395 g/mol. The molecule has 1 aromatic carbocycles. The van der Waals surface area contributed by atoms with E-state index in [1.165, 1.54) is 30.5 Å². The first-order chi connectivity index (χ1) is 13.6. The van der Waals surface area contributed by atoms with E-state index in [4.69, 9.17) is 0 Å². The Hall–Kier alpha value is -3.27. The first kappa shape index (κ1) is 16.9. The van der Waals surface area contributed by atoms with Crippen LogP contribution in [0.2, 0.25) is 0 Å². The summed E-state index contributed by atoms with van der Waals surface area (Å²) in [7, 11) is 0. The molecule has 1 unspecified atom stereocenters. The molecule has 1 amide bonds. The summed E-state index contributed by atoms with van der Waals surface area (Å²) < 4.78 is 16.1. The maximum absolute atomic E-state index is 14.5. The lowest BCUT2D eigenvalue weighted by molar-refractivity contribution is -0.113. The van der Waals surface area contributed by atoms with Crippen LogP contribution in [0.3, 0.4) is 0 Å². The number of hydrogen-bond acceptors (Lipinski definition) is 6. The van der Waals surface area contributed by atoms with E-state index < -0.39 is 0 Å². The lowest BCUT2D eigenvalue weighted by Gasteiger charge is -2.16. The van der Waals surface area contributed by atoms with Crippen LogP contribution < -0.4 is 5.32 Å².